The van der Waals surface area contributed by atoms with Crippen molar-refractivity contribution in [2.75, 3.05) is 19.8 Å². The highest BCUT2D eigenvalue weighted by Gasteiger charge is 2.15. The summed E-state index contributed by atoms with van der Waals surface area (Å²) >= 11 is 3.27. The fraction of sp³-hybridized carbons (Fsp3) is 0.500. The van der Waals surface area contributed by atoms with Gasteiger partial charge < -0.3 is 14.8 Å². The standard InChI is InChI=1S/C14H19BrN2O4/c1-14(2,3)21-13(19)17-6-7-20-9-12(18)11-8-10(15)4-5-16-11/h4-5,8H,6-7,9H2,1-3H3,(H,17,19). The van der Waals surface area contributed by atoms with Crippen molar-refractivity contribution >= 4 is 27.8 Å². The summed E-state index contributed by atoms with van der Waals surface area (Å²) < 4.78 is 11.0. The molecule has 6 nitrogen and oxygen atoms in total. The average Bonchev–Trinajstić information content (AvgIpc) is 2.36. The third-order valence-electron chi connectivity index (χ3n) is 2.16. The maximum Gasteiger partial charge on any atom is 0.407 e. The van der Waals surface area contributed by atoms with Gasteiger partial charge in [-0.25, -0.2) is 4.79 Å². The number of hydrogen-bond donors (Lipinski definition) is 1. The number of amides is 1. The lowest BCUT2D eigenvalue weighted by Crippen LogP contribution is -2.34. The van der Waals surface area contributed by atoms with Gasteiger partial charge in [0.2, 0.25) is 5.78 Å². The summed E-state index contributed by atoms with van der Waals surface area (Å²) in [5, 5.41) is 2.54. The maximum absolute atomic E-state index is 11.8. The molecule has 0 aliphatic heterocycles. The summed E-state index contributed by atoms with van der Waals surface area (Å²) in [5.41, 5.74) is -0.197. The summed E-state index contributed by atoms with van der Waals surface area (Å²) in [6.45, 7) is 5.76. The molecule has 1 aromatic heterocycles. The van der Waals surface area contributed by atoms with Crippen LogP contribution in [0, 0.1) is 0 Å². The number of alkyl carbamates (subject to hydrolysis) is 1. The molecule has 0 bridgehead atoms. The molecule has 1 N–H and O–H groups in total. The normalized spacial score (nSPS) is 11.0. The number of rotatable bonds is 6. The molecule has 0 aliphatic rings. The molecule has 1 heterocycles. The molecule has 0 saturated carbocycles. The van der Waals surface area contributed by atoms with Crippen LogP contribution in [-0.4, -0.2) is 42.2 Å². The fourth-order valence-electron chi connectivity index (χ4n) is 1.34. The Bertz CT molecular complexity index is 500. The number of ether oxygens (including phenoxy) is 2. The van der Waals surface area contributed by atoms with Gasteiger partial charge in [0.05, 0.1) is 6.61 Å². The Morgan fingerprint density at radius 2 is 2.10 bits per heavy atom. The zero-order chi connectivity index (χ0) is 15.9. The molecular weight excluding hydrogens is 340 g/mol. The third kappa shape index (κ3) is 7.77. The number of Topliss-reactive ketones (excluding diaryl/α,β-unsaturated/α-hetero) is 1. The van der Waals surface area contributed by atoms with Crippen molar-refractivity contribution < 1.29 is 19.1 Å². The van der Waals surface area contributed by atoms with Crippen molar-refractivity contribution in [2.45, 2.75) is 26.4 Å². The molecule has 1 amide bonds. The van der Waals surface area contributed by atoms with Gasteiger partial charge in [-0.05, 0) is 32.9 Å². The van der Waals surface area contributed by atoms with Gasteiger partial charge in [0, 0.05) is 17.2 Å². The number of ketones is 1. The first-order valence-electron chi connectivity index (χ1n) is 6.47. The smallest absolute Gasteiger partial charge is 0.407 e. The van der Waals surface area contributed by atoms with Crippen molar-refractivity contribution in [3.05, 3.63) is 28.5 Å². The van der Waals surface area contributed by atoms with Crippen molar-refractivity contribution in [2.24, 2.45) is 0 Å². The maximum atomic E-state index is 11.8. The summed E-state index contributed by atoms with van der Waals surface area (Å²) in [4.78, 5) is 27.1. The number of nitrogens with one attached hydrogen (secondary N) is 1. The number of aromatic nitrogens is 1. The molecule has 0 aliphatic carbocycles. The second kappa shape index (κ2) is 8.09. The van der Waals surface area contributed by atoms with E-state index < -0.39 is 11.7 Å². The molecule has 0 atom stereocenters. The lowest BCUT2D eigenvalue weighted by molar-refractivity contribution is 0.0497. The largest absolute Gasteiger partial charge is 0.444 e. The van der Waals surface area contributed by atoms with Crippen LogP contribution >= 0.6 is 15.9 Å². The van der Waals surface area contributed by atoms with E-state index in [9.17, 15) is 9.59 Å². The van der Waals surface area contributed by atoms with E-state index in [0.29, 0.717) is 5.69 Å². The number of hydrogen-bond acceptors (Lipinski definition) is 5. The van der Waals surface area contributed by atoms with Crippen molar-refractivity contribution in [3.63, 3.8) is 0 Å². The van der Waals surface area contributed by atoms with Gasteiger partial charge in [0.1, 0.15) is 17.9 Å². The molecule has 0 spiro atoms. The molecule has 1 aromatic rings. The van der Waals surface area contributed by atoms with Gasteiger partial charge in [0.15, 0.2) is 0 Å². The van der Waals surface area contributed by atoms with Crippen LogP contribution < -0.4 is 5.32 Å². The summed E-state index contributed by atoms with van der Waals surface area (Å²) in [7, 11) is 0. The molecule has 0 aromatic carbocycles. The Morgan fingerprint density at radius 1 is 1.38 bits per heavy atom. The van der Waals surface area contributed by atoms with Crippen molar-refractivity contribution in [1.82, 2.24) is 10.3 Å². The number of carbonyl (C=O) groups excluding carboxylic acids is 2. The van der Waals surface area contributed by atoms with Gasteiger partial charge in [-0.15, -0.1) is 0 Å². The zero-order valence-corrected chi connectivity index (χ0v) is 13.9. The molecule has 1 rings (SSSR count). The van der Waals surface area contributed by atoms with Crippen LogP contribution in [-0.2, 0) is 9.47 Å². The molecule has 0 saturated heterocycles. The Labute approximate surface area is 132 Å². The predicted octanol–water partition coefficient (Wildman–Crippen LogP) is 2.57. The topological polar surface area (TPSA) is 77.5 Å². The van der Waals surface area contributed by atoms with E-state index in [1.54, 1.807) is 39.1 Å². The van der Waals surface area contributed by atoms with Gasteiger partial charge >= 0.3 is 6.09 Å². The van der Waals surface area contributed by atoms with Crippen LogP contribution in [0.15, 0.2) is 22.8 Å². The third-order valence-corrected chi connectivity index (χ3v) is 2.65. The predicted molar refractivity (Wildman–Crippen MR) is 81.3 cm³/mol. The molecule has 116 valence electrons. The highest BCUT2D eigenvalue weighted by atomic mass is 79.9. The minimum Gasteiger partial charge on any atom is -0.444 e. The first kappa shape index (κ1) is 17.6. The molecular formula is C14H19BrN2O4. The van der Waals surface area contributed by atoms with Crippen LogP contribution in [0.4, 0.5) is 4.79 Å². The Balaban J connectivity index is 2.20. The van der Waals surface area contributed by atoms with E-state index in [1.807, 2.05) is 0 Å². The summed E-state index contributed by atoms with van der Waals surface area (Å²) in [6, 6.07) is 3.37. The minimum absolute atomic E-state index is 0.0839. The summed E-state index contributed by atoms with van der Waals surface area (Å²) in [6.07, 6.45) is 1.03. The first-order chi connectivity index (χ1) is 9.78. The molecule has 21 heavy (non-hydrogen) atoms. The highest BCUT2D eigenvalue weighted by molar-refractivity contribution is 9.10. The van der Waals surface area contributed by atoms with Gasteiger partial charge in [0.25, 0.3) is 0 Å². The van der Waals surface area contributed by atoms with Crippen molar-refractivity contribution in [3.8, 4) is 0 Å². The molecule has 0 fully saturated rings. The number of pyridine rings is 1. The Hall–Kier alpha value is -1.47. The molecule has 0 radical (unpaired) electrons. The number of carbonyl (C=O) groups is 2. The van der Waals surface area contributed by atoms with Crippen LogP contribution in [0.3, 0.4) is 0 Å². The molecule has 7 heteroatoms. The van der Waals surface area contributed by atoms with E-state index in [1.165, 1.54) is 0 Å². The second-order valence-electron chi connectivity index (χ2n) is 5.26. The van der Waals surface area contributed by atoms with E-state index in [2.05, 4.69) is 26.2 Å². The Morgan fingerprint density at radius 3 is 2.71 bits per heavy atom. The molecule has 0 unspecified atom stereocenters. The van der Waals surface area contributed by atoms with Gasteiger partial charge in [-0.3, -0.25) is 9.78 Å². The van der Waals surface area contributed by atoms with Crippen LogP contribution in [0.25, 0.3) is 0 Å². The fourth-order valence-corrected chi connectivity index (χ4v) is 1.67. The lowest BCUT2D eigenvalue weighted by Gasteiger charge is -2.19. The van der Waals surface area contributed by atoms with E-state index >= 15 is 0 Å². The highest BCUT2D eigenvalue weighted by Crippen LogP contribution is 2.09. The van der Waals surface area contributed by atoms with Crippen LogP contribution in [0.5, 0.6) is 0 Å². The quantitative estimate of drug-likeness (QED) is 0.624. The van der Waals surface area contributed by atoms with Gasteiger partial charge in [-0.1, -0.05) is 15.9 Å². The monoisotopic (exact) mass is 358 g/mol. The Kier molecular flexibility index (Phi) is 6.77. The number of halogens is 1. The zero-order valence-electron chi connectivity index (χ0n) is 12.3. The SMILES string of the molecule is CC(C)(C)OC(=O)NCCOCC(=O)c1cc(Br)ccn1. The summed E-state index contributed by atoms with van der Waals surface area (Å²) in [5.74, 6) is -0.214. The van der Waals surface area contributed by atoms with E-state index in [4.69, 9.17) is 9.47 Å². The van der Waals surface area contributed by atoms with Crippen LogP contribution in [0.1, 0.15) is 31.3 Å². The van der Waals surface area contributed by atoms with Crippen molar-refractivity contribution in [1.29, 1.82) is 0 Å². The van der Waals surface area contributed by atoms with E-state index in [0.717, 1.165) is 4.47 Å². The number of nitrogens with zero attached hydrogens (tertiary/aromatic N) is 1. The second-order valence-corrected chi connectivity index (χ2v) is 6.18. The minimum atomic E-state index is -0.534. The average molecular weight is 359 g/mol. The van der Waals surface area contributed by atoms with Gasteiger partial charge in [-0.2, -0.15) is 0 Å². The van der Waals surface area contributed by atoms with E-state index in [-0.39, 0.29) is 25.5 Å². The first-order valence-corrected chi connectivity index (χ1v) is 7.26. The van der Waals surface area contributed by atoms with Crippen LogP contribution in [0.2, 0.25) is 0 Å². The lowest BCUT2D eigenvalue weighted by atomic mass is 10.2.